The average molecular weight is 590 g/mol. The number of benzene rings is 7. The molecule has 0 spiro atoms. The smallest absolute Gasteiger partial charge is 0.160 e. The molecule has 0 atom stereocenters. The minimum absolute atomic E-state index is 0.664. The molecule has 214 valence electrons. The number of para-hydroxylation sites is 3. The molecule has 0 saturated heterocycles. The number of hydrogen-bond acceptors (Lipinski definition) is 5. The van der Waals surface area contributed by atoms with Gasteiger partial charge in [-0.15, -0.1) is 10.2 Å². The number of fused-ring (bicyclic) bond motifs is 9. The summed E-state index contributed by atoms with van der Waals surface area (Å²) >= 11 is 0. The van der Waals surface area contributed by atoms with Gasteiger partial charge in [-0.25, -0.2) is 9.97 Å². The summed E-state index contributed by atoms with van der Waals surface area (Å²) in [4.78, 5) is 12.0. The molecular formula is C40H23N5O. The third kappa shape index (κ3) is 3.77. The topological polar surface area (TPSA) is 69.6 Å². The van der Waals surface area contributed by atoms with Crippen molar-refractivity contribution in [2.75, 3.05) is 0 Å². The van der Waals surface area contributed by atoms with Gasteiger partial charge >= 0.3 is 0 Å². The Hall–Kier alpha value is -6.40. The van der Waals surface area contributed by atoms with Crippen molar-refractivity contribution >= 4 is 65.4 Å². The average Bonchev–Trinajstić information content (AvgIpc) is 3.73. The van der Waals surface area contributed by atoms with Crippen LogP contribution in [0.4, 0.5) is 0 Å². The molecule has 6 heteroatoms. The van der Waals surface area contributed by atoms with Crippen LogP contribution < -0.4 is 0 Å². The lowest BCUT2D eigenvalue weighted by Gasteiger charge is -2.11. The van der Waals surface area contributed by atoms with E-state index in [1.165, 1.54) is 0 Å². The molecule has 10 rings (SSSR count). The zero-order valence-electron chi connectivity index (χ0n) is 24.4. The molecule has 0 radical (unpaired) electrons. The molecule has 10 aromatic rings. The second-order valence-electron chi connectivity index (χ2n) is 11.6. The van der Waals surface area contributed by atoms with Crippen molar-refractivity contribution in [1.82, 2.24) is 25.0 Å². The molecule has 0 bridgehead atoms. The highest BCUT2D eigenvalue weighted by Crippen LogP contribution is 2.37. The van der Waals surface area contributed by atoms with Crippen LogP contribution in [0.1, 0.15) is 0 Å². The lowest BCUT2D eigenvalue weighted by molar-refractivity contribution is 0.669. The summed E-state index contributed by atoms with van der Waals surface area (Å²) in [5, 5.41) is 17.3. The van der Waals surface area contributed by atoms with Crippen LogP contribution in [0.25, 0.3) is 93.8 Å². The van der Waals surface area contributed by atoms with Crippen LogP contribution in [0, 0.1) is 0 Å². The van der Waals surface area contributed by atoms with E-state index in [0.717, 1.165) is 87.9 Å². The van der Waals surface area contributed by atoms with Crippen molar-refractivity contribution in [2.24, 2.45) is 0 Å². The van der Waals surface area contributed by atoms with Gasteiger partial charge in [0.05, 0.1) is 16.9 Å². The van der Waals surface area contributed by atoms with E-state index in [0.29, 0.717) is 5.82 Å². The van der Waals surface area contributed by atoms with Gasteiger partial charge in [-0.2, -0.15) is 4.80 Å². The van der Waals surface area contributed by atoms with Gasteiger partial charge in [0.25, 0.3) is 0 Å². The maximum absolute atomic E-state index is 6.24. The highest BCUT2D eigenvalue weighted by Gasteiger charge is 2.16. The monoisotopic (exact) mass is 589 g/mol. The van der Waals surface area contributed by atoms with Crippen LogP contribution >= 0.6 is 0 Å². The number of hydrogen-bond donors (Lipinski definition) is 0. The molecule has 3 heterocycles. The SMILES string of the molecule is c1ccc(-n2nc3ccc4ccc5ccc(-c6nc(-c7ccc8c(c7)oc7ccccc78)c7ccccc7n6)cc5c4c3n2)cc1. The quantitative estimate of drug-likeness (QED) is 0.192. The zero-order valence-corrected chi connectivity index (χ0v) is 24.4. The van der Waals surface area contributed by atoms with Gasteiger partial charge < -0.3 is 4.42 Å². The lowest BCUT2D eigenvalue weighted by Crippen LogP contribution is -1.97. The maximum atomic E-state index is 6.24. The summed E-state index contributed by atoms with van der Waals surface area (Å²) in [6.07, 6.45) is 0. The second kappa shape index (κ2) is 9.55. The van der Waals surface area contributed by atoms with E-state index in [1.807, 2.05) is 72.8 Å². The third-order valence-corrected chi connectivity index (χ3v) is 8.85. The van der Waals surface area contributed by atoms with Crippen LogP contribution in [0.15, 0.2) is 144 Å². The van der Waals surface area contributed by atoms with Gasteiger partial charge in [0.1, 0.15) is 22.2 Å². The highest BCUT2D eigenvalue weighted by molar-refractivity contribution is 6.19. The fourth-order valence-electron chi connectivity index (χ4n) is 6.63. The first-order valence-corrected chi connectivity index (χ1v) is 15.2. The summed E-state index contributed by atoms with van der Waals surface area (Å²) in [6, 6.07) is 47.6. The summed E-state index contributed by atoms with van der Waals surface area (Å²) in [7, 11) is 0. The fourth-order valence-corrected chi connectivity index (χ4v) is 6.63. The van der Waals surface area contributed by atoms with Crippen molar-refractivity contribution in [3.05, 3.63) is 140 Å². The Bertz CT molecular complexity index is 2820. The van der Waals surface area contributed by atoms with E-state index in [2.05, 4.69) is 66.7 Å². The van der Waals surface area contributed by atoms with E-state index >= 15 is 0 Å². The Morgan fingerprint density at radius 1 is 0.478 bits per heavy atom. The first-order valence-electron chi connectivity index (χ1n) is 15.2. The largest absolute Gasteiger partial charge is 0.456 e. The summed E-state index contributed by atoms with van der Waals surface area (Å²) in [6.45, 7) is 0. The molecule has 0 aliphatic rings. The summed E-state index contributed by atoms with van der Waals surface area (Å²) in [5.74, 6) is 0.664. The zero-order chi connectivity index (χ0) is 30.2. The Balaban J connectivity index is 1.19. The third-order valence-electron chi connectivity index (χ3n) is 8.85. The Morgan fingerprint density at radius 2 is 1.22 bits per heavy atom. The molecule has 0 N–H and O–H groups in total. The van der Waals surface area contributed by atoms with Gasteiger partial charge in [0.2, 0.25) is 0 Å². The predicted molar refractivity (Wildman–Crippen MR) is 185 cm³/mol. The summed E-state index contributed by atoms with van der Waals surface area (Å²) in [5.41, 5.74) is 8.03. The summed E-state index contributed by atoms with van der Waals surface area (Å²) < 4.78 is 6.24. The van der Waals surface area contributed by atoms with Crippen LogP contribution in [0.3, 0.4) is 0 Å². The van der Waals surface area contributed by atoms with Crippen LogP contribution in [0.5, 0.6) is 0 Å². The number of rotatable bonds is 3. The molecule has 0 saturated carbocycles. The second-order valence-corrected chi connectivity index (χ2v) is 11.6. The van der Waals surface area contributed by atoms with E-state index < -0.39 is 0 Å². The minimum Gasteiger partial charge on any atom is -0.456 e. The minimum atomic E-state index is 0.664. The van der Waals surface area contributed by atoms with E-state index in [1.54, 1.807) is 4.80 Å². The first-order chi connectivity index (χ1) is 22.8. The number of aromatic nitrogens is 5. The van der Waals surface area contributed by atoms with Gasteiger partial charge in [0, 0.05) is 32.7 Å². The van der Waals surface area contributed by atoms with Crippen LogP contribution in [-0.2, 0) is 0 Å². The molecule has 46 heavy (non-hydrogen) atoms. The highest BCUT2D eigenvalue weighted by atomic mass is 16.3. The molecule has 0 aliphatic heterocycles. The van der Waals surface area contributed by atoms with E-state index in [4.69, 9.17) is 24.6 Å². The molecule has 0 amide bonds. The molecule has 6 nitrogen and oxygen atoms in total. The maximum Gasteiger partial charge on any atom is 0.160 e. The van der Waals surface area contributed by atoms with Gasteiger partial charge in [0.15, 0.2) is 5.82 Å². The molecule has 7 aromatic carbocycles. The Labute approximate surface area is 262 Å². The number of nitrogens with zero attached hydrogens (tertiary/aromatic N) is 5. The van der Waals surface area contributed by atoms with Crippen molar-refractivity contribution in [1.29, 1.82) is 0 Å². The van der Waals surface area contributed by atoms with E-state index in [9.17, 15) is 0 Å². The van der Waals surface area contributed by atoms with Crippen LogP contribution in [0.2, 0.25) is 0 Å². The molecule has 0 aliphatic carbocycles. The standard InChI is InChI=1S/C40H23N5O/c1-2-8-28(9-3-1)45-43-34-21-19-25-16-14-24-15-17-27(22-32(24)37(25)39(34)44-45)40-41-33-12-6-4-11-31(33)38(42-40)26-18-20-30-29-10-5-7-13-35(29)46-36(30)23-26/h1-23H. The van der Waals surface area contributed by atoms with Gasteiger partial charge in [-0.05, 0) is 64.7 Å². The molecule has 3 aromatic heterocycles. The van der Waals surface area contributed by atoms with Crippen LogP contribution in [-0.4, -0.2) is 25.0 Å². The van der Waals surface area contributed by atoms with E-state index in [-0.39, 0.29) is 0 Å². The van der Waals surface area contributed by atoms with Crippen molar-refractivity contribution in [3.63, 3.8) is 0 Å². The van der Waals surface area contributed by atoms with Crippen molar-refractivity contribution in [2.45, 2.75) is 0 Å². The Kier molecular flexibility index (Phi) is 5.19. The molecular weight excluding hydrogens is 566 g/mol. The fraction of sp³-hybridized carbons (Fsp3) is 0. The van der Waals surface area contributed by atoms with Crippen molar-refractivity contribution in [3.8, 4) is 28.3 Å². The number of furan rings is 1. The van der Waals surface area contributed by atoms with Gasteiger partial charge in [-0.3, -0.25) is 0 Å². The molecule has 0 fully saturated rings. The van der Waals surface area contributed by atoms with Gasteiger partial charge in [-0.1, -0.05) is 91.0 Å². The Morgan fingerprint density at radius 3 is 2.15 bits per heavy atom. The predicted octanol–water partition coefficient (Wildman–Crippen LogP) is 9.90. The first kappa shape index (κ1) is 25.0. The lowest BCUT2D eigenvalue weighted by atomic mass is 9.98. The normalized spacial score (nSPS) is 11.9. The molecule has 0 unspecified atom stereocenters. The van der Waals surface area contributed by atoms with Crippen molar-refractivity contribution < 1.29 is 4.42 Å².